The summed E-state index contributed by atoms with van der Waals surface area (Å²) in [5.41, 5.74) is 0. The summed E-state index contributed by atoms with van der Waals surface area (Å²) >= 11 is 0. The van der Waals surface area contributed by atoms with Crippen LogP contribution >= 0.6 is 0 Å². The van der Waals surface area contributed by atoms with Crippen LogP contribution in [0.3, 0.4) is 0 Å². The second-order valence-corrected chi connectivity index (χ2v) is 10.9. The van der Waals surface area contributed by atoms with Gasteiger partial charge in [0.15, 0.2) is 0 Å². The van der Waals surface area contributed by atoms with E-state index in [-0.39, 0.29) is 29.7 Å². The monoisotopic (exact) mass is 488 g/mol. The normalized spacial score (nSPS) is 23.5. The molecule has 0 bridgehead atoms. The molecule has 1 unspecified atom stereocenters. The maximum atomic E-state index is 13.6. The van der Waals surface area contributed by atoms with Crippen molar-refractivity contribution < 1.29 is 24.0 Å². The molecule has 4 atom stereocenters. The van der Waals surface area contributed by atoms with E-state index in [1.54, 1.807) is 13.8 Å². The van der Waals surface area contributed by atoms with Gasteiger partial charge in [0.25, 0.3) is 5.91 Å². The predicted octanol–water partition coefficient (Wildman–Crippen LogP) is 1.32. The largest absolute Gasteiger partial charge is 0.347 e. The number of amides is 4. The molecule has 35 heavy (non-hydrogen) atoms. The summed E-state index contributed by atoms with van der Waals surface area (Å²) in [6.07, 6.45) is 6.12. The summed E-state index contributed by atoms with van der Waals surface area (Å²) in [5, 5.41) is 8.24. The number of ketones is 1. The Morgan fingerprint density at radius 1 is 0.971 bits per heavy atom. The van der Waals surface area contributed by atoms with E-state index >= 15 is 0 Å². The average Bonchev–Trinajstić information content (AvgIpc) is 3.74. The molecule has 2 saturated carbocycles. The van der Waals surface area contributed by atoms with E-state index in [1.807, 2.05) is 13.8 Å². The molecule has 9 nitrogen and oxygen atoms in total. The maximum Gasteiger partial charge on any atom is 0.289 e. The Hall–Kier alpha value is -2.71. The first-order valence-electron chi connectivity index (χ1n) is 12.9. The van der Waals surface area contributed by atoms with Crippen LogP contribution in [0.25, 0.3) is 0 Å². The molecule has 3 fully saturated rings. The first-order valence-corrected chi connectivity index (χ1v) is 12.9. The number of hydrogen-bond acceptors (Lipinski definition) is 5. The number of nitrogens with one attached hydrogen (secondary N) is 3. The van der Waals surface area contributed by atoms with Crippen LogP contribution in [0.2, 0.25) is 0 Å². The van der Waals surface area contributed by atoms with Gasteiger partial charge in [-0.3, -0.25) is 24.0 Å². The summed E-state index contributed by atoms with van der Waals surface area (Å²) in [6.45, 7) is 11.5. The Balaban J connectivity index is 1.76. The summed E-state index contributed by atoms with van der Waals surface area (Å²) in [4.78, 5) is 66.0. The summed E-state index contributed by atoms with van der Waals surface area (Å²) in [6, 6.07) is -2.59. The lowest BCUT2D eigenvalue weighted by molar-refractivity contribution is -0.144. The first-order chi connectivity index (χ1) is 16.5. The molecule has 3 N–H and O–H groups in total. The molecule has 4 amide bonds. The number of likely N-dealkylation sites (tertiary alicyclic amines) is 1. The summed E-state index contributed by atoms with van der Waals surface area (Å²) < 4.78 is 0. The third kappa shape index (κ3) is 6.92. The number of carbonyl (C=O) groups excluding carboxylic acids is 5. The van der Waals surface area contributed by atoms with Gasteiger partial charge in [0.2, 0.25) is 23.5 Å². The van der Waals surface area contributed by atoms with Gasteiger partial charge in [-0.2, -0.15) is 0 Å². The van der Waals surface area contributed by atoms with Crippen molar-refractivity contribution in [1.82, 2.24) is 20.9 Å². The van der Waals surface area contributed by atoms with Gasteiger partial charge in [0.05, 0.1) is 6.04 Å². The fourth-order valence-corrected chi connectivity index (χ4v) is 4.64. The molecule has 1 saturated heterocycles. The first kappa shape index (κ1) is 26.9. The van der Waals surface area contributed by atoms with Gasteiger partial charge >= 0.3 is 0 Å². The van der Waals surface area contributed by atoms with Crippen molar-refractivity contribution >= 4 is 29.4 Å². The van der Waals surface area contributed by atoms with Gasteiger partial charge < -0.3 is 20.9 Å². The molecule has 0 aromatic rings. The Labute approximate surface area is 207 Å². The van der Waals surface area contributed by atoms with Crippen molar-refractivity contribution in [2.75, 3.05) is 6.54 Å². The lowest BCUT2D eigenvalue weighted by Gasteiger charge is -2.32. The molecule has 194 valence electrons. The van der Waals surface area contributed by atoms with Crippen LogP contribution in [-0.2, 0) is 24.0 Å². The molecule has 2 aliphatic carbocycles. The van der Waals surface area contributed by atoms with Crippen molar-refractivity contribution in [2.24, 2.45) is 23.7 Å². The molecule has 0 aromatic carbocycles. The van der Waals surface area contributed by atoms with Crippen LogP contribution in [0.5, 0.6) is 0 Å². The molecule has 9 heteroatoms. The zero-order chi connectivity index (χ0) is 25.9. The van der Waals surface area contributed by atoms with Crippen molar-refractivity contribution in [1.29, 1.82) is 0 Å². The highest BCUT2D eigenvalue weighted by molar-refractivity contribution is 6.38. The van der Waals surface area contributed by atoms with Gasteiger partial charge in [-0.05, 0) is 43.4 Å². The van der Waals surface area contributed by atoms with E-state index in [1.165, 1.54) is 11.0 Å². The third-order valence-corrected chi connectivity index (χ3v) is 7.21. The Kier molecular flexibility index (Phi) is 8.72. The number of rotatable bonds is 12. The van der Waals surface area contributed by atoms with Gasteiger partial charge in [-0.25, -0.2) is 0 Å². The minimum Gasteiger partial charge on any atom is -0.347 e. The molecule has 1 heterocycles. The van der Waals surface area contributed by atoms with Gasteiger partial charge in [0.1, 0.15) is 12.1 Å². The fourth-order valence-electron chi connectivity index (χ4n) is 4.64. The highest BCUT2D eigenvalue weighted by atomic mass is 16.2. The van der Waals surface area contributed by atoms with Gasteiger partial charge in [-0.1, -0.05) is 46.6 Å². The number of nitrogens with zero attached hydrogens (tertiary/aromatic N) is 1. The smallest absolute Gasteiger partial charge is 0.289 e. The standard InChI is InChI=1S/C26H40N4O5/c1-6-19(28-23(32)15(4)5)26(35)30-12-11-18(14(2)3)21(30)24(33)29-20(13-16-7-8-16)22(31)25(34)27-17-9-10-17/h6,14-21H,1,7-13H2,2-5H3,(H,27,34)(H,28,32)(H,29,33)/t18-,19+,20?,21+/m1/s1. The topological polar surface area (TPSA) is 125 Å². The quantitative estimate of drug-likeness (QED) is 0.282. The predicted molar refractivity (Wildman–Crippen MR) is 131 cm³/mol. The molecular weight excluding hydrogens is 448 g/mol. The highest BCUT2D eigenvalue weighted by Crippen LogP contribution is 2.35. The highest BCUT2D eigenvalue weighted by Gasteiger charge is 2.46. The Morgan fingerprint density at radius 2 is 1.63 bits per heavy atom. The van der Waals surface area contributed by atoms with E-state index in [0.717, 1.165) is 25.7 Å². The molecule has 3 rings (SSSR count). The second kappa shape index (κ2) is 11.4. The second-order valence-electron chi connectivity index (χ2n) is 10.9. The summed E-state index contributed by atoms with van der Waals surface area (Å²) in [7, 11) is 0. The van der Waals surface area contributed by atoms with Crippen molar-refractivity contribution in [3.05, 3.63) is 12.7 Å². The number of carbonyl (C=O) groups is 5. The molecule has 0 radical (unpaired) electrons. The summed E-state index contributed by atoms with van der Waals surface area (Å²) in [5.74, 6) is -2.35. The zero-order valence-corrected chi connectivity index (χ0v) is 21.3. The zero-order valence-electron chi connectivity index (χ0n) is 21.3. The van der Waals surface area contributed by atoms with E-state index in [4.69, 9.17) is 0 Å². The minimum atomic E-state index is -0.945. The van der Waals surface area contributed by atoms with Crippen LogP contribution in [-0.4, -0.2) is 65.0 Å². The maximum absolute atomic E-state index is 13.6. The lowest BCUT2D eigenvalue weighted by atomic mass is 9.87. The minimum absolute atomic E-state index is 0.0499. The molecule has 0 aromatic heterocycles. The van der Waals surface area contributed by atoms with E-state index < -0.39 is 41.6 Å². The van der Waals surface area contributed by atoms with Crippen molar-refractivity contribution in [2.45, 2.75) is 90.4 Å². The van der Waals surface area contributed by atoms with E-state index in [0.29, 0.717) is 25.3 Å². The SMILES string of the molecule is C=C[C@H](NC(=O)C(C)C)C(=O)N1CC[C@H](C(C)C)[C@H]1C(=O)NC(CC1CC1)C(=O)C(=O)NC1CC1. The van der Waals surface area contributed by atoms with E-state index in [2.05, 4.69) is 22.5 Å². The molecular formula is C26H40N4O5. The van der Waals surface area contributed by atoms with Crippen LogP contribution in [0.15, 0.2) is 12.7 Å². The fraction of sp³-hybridized carbons (Fsp3) is 0.731. The van der Waals surface area contributed by atoms with Gasteiger partial charge in [0, 0.05) is 18.5 Å². The van der Waals surface area contributed by atoms with Gasteiger partial charge in [-0.15, -0.1) is 6.58 Å². The molecule has 0 spiro atoms. The third-order valence-electron chi connectivity index (χ3n) is 7.21. The average molecular weight is 489 g/mol. The van der Waals surface area contributed by atoms with Crippen LogP contribution < -0.4 is 16.0 Å². The number of Topliss-reactive ketones (excluding diaryl/α,β-unsaturated/α-hetero) is 1. The molecule has 1 aliphatic heterocycles. The van der Waals surface area contributed by atoms with Crippen LogP contribution in [0.1, 0.15) is 66.2 Å². The lowest BCUT2D eigenvalue weighted by Crippen LogP contribution is -2.58. The molecule has 3 aliphatic rings. The van der Waals surface area contributed by atoms with Crippen LogP contribution in [0, 0.1) is 23.7 Å². The Morgan fingerprint density at radius 3 is 2.14 bits per heavy atom. The van der Waals surface area contributed by atoms with Crippen molar-refractivity contribution in [3.63, 3.8) is 0 Å². The Bertz CT molecular complexity index is 862. The number of hydrogen-bond donors (Lipinski definition) is 3. The van der Waals surface area contributed by atoms with E-state index in [9.17, 15) is 24.0 Å². The van der Waals surface area contributed by atoms with Crippen molar-refractivity contribution in [3.8, 4) is 0 Å². The van der Waals surface area contributed by atoms with Crippen LogP contribution in [0.4, 0.5) is 0 Å².